The average molecular weight is 263 g/mol. The van der Waals surface area contributed by atoms with Crippen LogP contribution in [0.15, 0.2) is 18.2 Å². The highest BCUT2D eigenvalue weighted by molar-refractivity contribution is 6.30. The fourth-order valence-corrected chi connectivity index (χ4v) is 4.88. The molecule has 4 rings (SSSR count). The average Bonchev–Trinajstić information content (AvgIpc) is 2.71. The van der Waals surface area contributed by atoms with Gasteiger partial charge in [0.1, 0.15) is 0 Å². The molecular formula is C15H19ClN2. The monoisotopic (exact) mass is 262 g/mol. The molecule has 1 aromatic carbocycles. The molecule has 2 bridgehead atoms. The molecule has 18 heavy (non-hydrogen) atoms. The Morgan fingerprint density at radius 1 is 1.17 bits per heavy atom. The number of nitrogens with two attached hydrogens (primary N) is 1. The third-order valence-corrected chi connectivity index (χ3v) is 5.48. The van der Waals surface area contributed by atoms with Crippen molar-refractivity contribution >= 4 is 17.3 Å². The lowest BCUT2D eigenvalue weighted by molar-refractivity contribution is 0.456. The largest absolute Gasteiger partial charge is 0.399 e. The number of halogens is 1. The smallest absolute Gasteiger partial charge is 0.0429 e. The van der Waals surface area contributed by atoms with Crippen LogP contribution in [0, 0.1) is 23.7 Å². The lowest BCUT2D eigenvalue weighted by Gasteiger charge is -2.11. The normalized spacial score (nSPS) is 39.9. The molecule has 0 spiro atoms. The number of nitrogen functional groups attached to an aromatic ring is 1. The molecule has 2 nitrogen and oxygen atoms in total. The molecule has 3 N–H and O–H groups in total. The van der Waals surface area contributed by atoms with E-state index in [-0.39, 0.29) is 0 Å². The van der Waals surface area contributed by atoms with Crippen LogP contribution >= 0.6 is 11.6 Å². The maximum Gasteiger partial charge on any atom is 0.0429 e. The van der Waals surface area contributed by atoms with Crippen LogP contribution in [0.4, 0.5) is 5.69 Å². The van der Waals surface area contributed by atoms with Gasteiger partial charge in [-0.1, -0.05) is 11.6 Å². The number of nitrogens with one attached hydrogen (secondary N) is 1. The van der Waals surface area contributed by atoms with Crippen molar-refractivity contribution in [3.63, 3.8) is 0 Å². The van der Waals surface area contributed by atoms with Crippen LogP contribution in [-0.4, -0.2) is 6.04 Å². The number of rotatable bonds is 3. The second-order valence-electron chi connectivity index (χ2n) is 6.29. The van der Waals surface area contributed by atoms with Gasteiger partial charge in [0.05, 0.1) is 0 Å². The molecule has 3 saturated carbocycles. The standard InChI is InChI=1S/C15H19ClN2/c16-11-3-8(4-12(17)6-11)7-18-15-13-9-1-2-10(5-9)14(13)15/h3-4,6,9-10,13-15,18H,1-2,5,7,17H2. The maximum atomic E-state index is 6.03. The second-order valence-corrected chi connectivity index (χ2v) is 6.72. The van der Waals surface area contributed by atoms with E-state index in [0.29, 0.717) is 0 Å². The Hall–Kier alpha value is -0.730. The topological polar surface area (TPSA) is 38.0 Å². The Morgan fingerprint density at radius 2 is 1.89 bits per heavy atom. The van der Waals surface area contributed by atoms with E-state index < -0.39 is 0 Å². The highest BCUT2D eigenvalue weighted by atomic mass is 35.5. The summed E-state index contributed by atoms with van der Waals surface area (Å²) in [6.07, 6.45) is 4.47. The first-order chi connectivity index (χ1) is 8.72. The minimum atomic E-state index is 0.739. The molecule has 0 aromatic heterocycles. The summed E-state index contributed by atoms with van der Waals surface area (Å²) >= 11 is 6.03. The Bertz CT molecular complexity index is 451. The zero-order valence-corrected chi connectivity index (χ0v) is 11.2. The second kappa shape index (κ2) is 3.88. The molecule has 96 valence electrons. The van der Waals surface area contributed by atoms with Gasteiger partial charge in [-0.15, -0.1) is 0 Å². The fourth-order valence-electron chi connectivity index (χ4n) is 4.61. The molecule has 3 aliphatic carbocycles. The Balaban J connectivity index is 1.40. The lowest BCUT2D eigenvalue weighted by atomic mass is 10.0. The number of hydrogen-bond donors (Lipinski definition) is 2. The molecule has 4 atom stereocenters. The van der Waals surface area contributed by atoms with Crippen molar-refractivity contribution in [1.82, 2.24) is 5.32 Å². The van der Waals surface area contributed by atoms with Gasteiger partial charge < -0.3 is 11.1 Å². The SMILES string of the molecule is Nc1cc(Cl)cc(CNC2C3C4CCC(C4)C23)c1. The van der Waals surface area contributed by atoms with Crippen molar-refractivity contribution in [3.05, 3.63) is 28.8 Å². The van der Waals surface area contributed by atoms with Crippen molar-refractivity contribution < 1.29 is 0 Å². The zero-order valence-electron chi connectivity index (χ0n) is 10.4. The van der Waals surface area contributed by atoms with E-state index in [0.717, 1.165) is 47.0 Å². The highest BCUT2D eigenvalue weighted by Gasteiger charge is 2.64. The van der Waals surface area contributed by atoms with Gasteiger partial charge in [-0.2, -0.15) is 0 Å². The van der Waals surface area contributed by atoms with Gasteiger partial charge in [-0.3, -0.25) is 0 Å². The summed E-state index contributed by atoms with van der Waals surface area (Å²) in [6.45, 7) is 0.905. The first kappa shape index (κ1) is 11.1. The van der Waals surface area contributed by atoms with Gasteiger partial charge in [0.15, 0.2) is 0 Å². The molecule has 0 aliphatic heterocycles. The molecule has 3 fully saturated rings. The van der Waals surface area contributed by atoms with Gasteiger partial charge in [-0.25, -0.2) is 0 Å². The van der Waals surface area contributed by atoms with Crippen LogP contribution in [0.25, 0.3) is 0 Å². The quantitative estimate of drug-likeness (QED) is 0.822. The van der Waals surface area contributed by atoms with Gasteiger partial charge in [0.2, 0.25) is 0 Å². The molecule has 1 aromatic rings. The molecular weight excluding hydrogens is 244 g/mol. The third-order valence-electron chi connectivity index (χ3n) is 5.26. The van der Waals surface area contributed by atoms with Crippen molar-refractivity contribution in [2.24, 2.45) is 23.7 Å². The Kier molecular flexibility index (Phi) is 2.40. The first-order valence-corrected chi connectivity index (χ1v) is 7.38. The molecule has 3 heteroatoms. The van der Waals surface area contributed by atoms with Crippen molar-refractivity contribution in [2.75, 3.05) is 5.73 Å². The van der Waals surface area contributed by atoms with Gasteiger partial charge in [-0.05, 0) is 66.7 Å². The zero-order chi connectivity index (χ0) is 12.3. The minimum Gasteiger partial charge on any atom is -0.399 e. The Labute approximate surface area is 113 Å². The van der Waals surface area contributed by atoms with Crippen LogP contribution < -0.4 is 11.1 Å². The molecule has 4 unspecified atom stereocenters. The summed E-state index contributed by atoms with van der Waals surface area (Å²) in [7, 11) is 0. The predicted molar refractivity (Wildman–Crippen MR) is 74.3 cm³/mol. The summed E-state index contributed by atoms with van der Waals surface area (Å²) < 4.78 is 0. The number of benzene rings is 1. The van der Waals surface area contributed by atoms with Crippen molar-refractivity contribution in [2.45, 2.75) is 31.8 Å². The van der Waals surface area contributed by atoms with Crippen LogP contribution in [0.3, 0.4) is 0 Å². The maximum absolute atomic E-state index is 6.03. The third kappa shape index (κ3) is 1.66. The van der Waals surface area contributed by atoms with E-state index in [4.69, 9.17) is 17.3 Å². The summed E-state index contributed by atoms with van der Waals surface area (Å²) in [5.74, 6) is 4.03. The summed E-state index contributed by atoms with van der Waals surface area (Å²) in [6, 6.07) is 6.61. The fraction of sp³-hybridized carbons (Fsp3) is 0.600. The van der Waals surface area contributed by atoms with Crippen LogP contribution in [0.1, 0.15) is 24.8 Å². The minimum absolute atomic E-state index is 0.739. The van der Waals surface area contributed by atoms with Crippen LogP contribution in [-0.2, 0) is 6.54 Å². The van der Waals surface area contributed by atoms with Crippen LogP contribution in [0.5, 0.6) is 0 Å². The van der Waals surface area contributed by atoms with E-state index in [1.54, 1.807) is 6.07 Å². The van der Waals surface area contributed by atoms with Gasteiger partial charge >= 0.3 is 0 Å². The summed E-state index contributed by atoms with van der Waals surface area (Å²) in [5.41, 5.74) is 7.78. The number of fused-ring (bicyclic) bond motifs is 5. The molecule has 0 amide bonds. The summed E-state index contributed by atoms with van der Waals surface area (Å²) in [5, 5.41) is 4.45. The van der Waals surface area contributed by atoms with Crippen LogP contribution in [0.2, 0.25) is 5.02 Å². The van der Waals surface area contributed by atoms with Gasteiger partial charge in [0.25, 0.3) is 0 Å². The number of hydrogen-bond acceptors (Lipinski definition) is 2. The summed E-state index contributed by atoms with van der Waals surface area (Å²) in [4.78, 5) is 0. The molecule has 0 radical (unpaired) electrons. The van der Waals surface area contributed by atoms with E-state index in [1.807, 2.05) is 12.1 Å². The van der Waals surface area contributed by atoms with Gasteiger partial charge in [0, 0.05) is 23.3 Å². The molecule has 0 heterocycles. The predicted octanol–water partition coefficient (Wildman–Crippen LogP) is 3.06. The van der Waals surface area contributed by atoms with Crippen molar-refractivity contribution in [1.29, 1.82) is 0 Å². The number of anilines is 1. The van der Waals surface area contributed by atoms with Crippen molar-refractivity contribution in [3.8, 4) is 0 Å². The van der Waals surface area contributed by atoms with E-state index in [2.05, 4.69) is 5.32 Å². The first-order valence-electron chi connectivity index (χ1n) is 7.01. The highest BCUT2D eigenvalue weighted by Crippen LogP contribution is 2.65. The van der Waals surface area contributed by atoms with E-state index >= 15 is 0 Å². The molecule has 0 saturated heterocycles. The molecule has 3 aliphatic rings. The Morgan fingerprint density at radius 3 is 2.56 bits per heavy atom. The van der Waals surface area contributed by atoms with E-state index in [1.165, 1.54) is 24.8 Å². The lowest BCUT2D eigenvalue weighted by Crippen LogP contribution is -2.22. The van der Waals surface area contributed by atoms with E-state index in [9.17, 15) is 0 Å².